The molecule has 0 spiro atoms. The molecular formula is C27H24N4O2S. The van der Waals surface area contributed by atoms with Gasteiger partial charge in [-0.25, -0.2) is 0 Å². The monoisotopic (exact) mass is 468 g/mol. The fourth-order valence-electron chi connectivity index (χ4n) is 4.19. The minimum Gasteiger partial charge on any atom is -0.459 e. The van der Waals surface area contributed by atoms with E-state index in [1.165, 1.54) is 0 Å². The van der Waals surface area contributed by atoms with E-state index < -0.39 is 0 Å². The molecule has 0 radical (unpaired) electrons. The van der Waals surface area contributed by atoms with Gasteiger partial charge in [-0.15, -0.1) is 0 Å². The molecule has 1 aliphatic heterocycles. The number of pyridine rings is 1. The number of benzene rings is 2. The molecule has 5 rings (SSSR count). The molecule has 4 aromatic rings. The summed E-state index contributed by atoms with van der Waals surface area (Å²) in [5, 5.41) is 6.91. The van der Waals surface area contributed by atoms with Crippen LogP contribution in [0, 0.1) is 0 Å². The molecule has 0 bridgehead atoms. The summed E-state index contributed by atoms with van der Waals surface area (Å²) in [4.78, 5) is 19.2. The van der Waals surface area contributed by atoms with Gasteiger partial charge in [-0.05, 0) is 48.6 Å². The molecule has 2 atom stereocenters. The van der Waals surface area contributed by atoms with Gasteiger partial charge >= 0.3 is 0 Å². The highest BCUT2D eigenvalue weighted by atomic mass is 32.1. The van der Waals surface area contributed by atoms with Crippen molar-refractivity contribution in [1.29, 1.82) is 0 Å². The molecule has 1 fully saturated rings. The number of furan rings is 1. The van der Waals surface area contributed by atoms with Crippen molar-refractivity contribution in [3.8, 4) is 11.3 Å². The van der Waals surface area contributed by atoms with Crippen molar-refractivity contribution in [3.05, 3.63) is 109 Å². The van der Waals surface area contributed by atoms with Crippen molar-refractivity contribution in [2.45, 2.75) is 18.5 Å². The van der Waals surface area contributed by atoms with Crippen molar-refractivity contribution in [2.24, 2.45) is 0 Å². The van der Waals surface area contributed by atoms with Gasteiger partial charge in [0.15, 0.2) is 5.11 Å². The minimum atomic E-state index is -0.232. The van der Waals surface area contributed by atoms with Crippen LogP contribution in [0.15, 0.2) is 102 Å². The summed E-state index contributed by atoms with van der Waals surface area (Å²) in [6, 6.07) is 28.8. The van der Waals surface area contributed by atoms with Gasteiger partial charge < -0.3 is 20.0 Å². The van der Waals surface area contributed by atoms with E-state index in [9.17, 15) is 4.79 Å². The second-order valence-electron chi connectivity index (χ2n) is 8.05. The molecule has 0 saturated carbocycles. The predicted molar refractivity (Wildman–Crippen MR) is 136 cm³/mol. The first-order chi connectivity index (χ1) is 16.7. The number of para-hydroxylation sites is 1. The van der Waals surface area contributed by atoms with Gasteiger partial charge in [0.25, 0.3) is 0 Å². The Kier molecular flexibility index (Phi) is 6.35. The van der Waals surface area contributed by atoms with Crippen LogP contribution in [0.1, 0.15) is 30.0 Å². The molecule has 2 N–H and O–H groups in total. The topological polar surface area (TPSA) is 70.4 Å². The minimum absolute atomic E-state index is 0.0709. The second-order valence-corrected chi connectivity index (χ2v) is 8.44. The lowest BCUT2D eigenvalue weighted by molar-refractivity contribution is -0.116. The van der Waals surface area contributed by atoms with Crippen molar-refractivity contribution in [1.82, 2.24) is 15.2 Å². The summed E-state index contributed by atoms with van der Waals surface area (Å²) in [6.07, 6.45) is 2.05. The summed E-state index contributed by atoms with van der Waals surface area (Å²) in [6.45, 7) is 0.444. The normalized spacial score (nSPS) is 17.4. The van der Waals surface area contributed by atoms with Crippen LogP contribution in [-0.2, 0) is 4.79 Å². The largest absolute Gasteiger partial charge is 0.459 e. The molecule has 6 nitrogen and oxygen atoms in total. The Hall–Kier alpha value is -3.97. The third-order valence-electron chi connectivity index (χ3n) is 5.81. The van der Waals surface area contributed by atoms with E-state index in [-0.39, 0.29) is 24.4 Å². The number of hydrogen-bond acceptors (Lipinski definition) is 4. The maximum Gasteiger partial charge on any atom is 0.226 e. The lowest BCUT2D eigenvalue weighted by Gasteiger charge is -2.25. The SMILES string of the molecule is O=C(CCN1C(=S)N[C@H](c2ccccn2)[C@@H]1c1ccc(-c2ccccc2)o1)Nc1ccccc1. The zero-order valence-electron chi connectivity index (χ0n) is 18.4. The number of aromatic nitrogens is 1. The molecule has 2 aromatic heterocycles. The summed E-state index contributed by atoms with van der Waals surface area (Å²) in [7, 11) is 0. The maximum atomic E-state index is 12.6. The smallest absolute Gasteiger partial charge is 0.226 e. The first kappa shape index (κ1) is 21.9. The molecule has 34 heavy (non-hydrogen) atoms. The van der Waals surface area contributed by atoms with Gasteiger partial charge in [-0.1, -0.05) is 54.6 Å². The Balaban J connectivity index is 1.40. The lowest BCUT2D eigenvalue weighted by Crippen LogP contribution is -2.32. The average molecular weight is 469 g/mol. The number of hydrogen-bond donors (Lipinski definition) is 2. The molecule has 2 aromatic carbocycles. The van der Waals surface area contributed by atoms with Crippen LogP contribution >= 0.6 is 12.2 Å². The number of carbonyl (C=O) groups excluding carboxylic acids is 1. The average Bonchev–Trinajstić information content (AvgIpc) is 3.49. The van der Waals surface area contributed by atoms with Gasteiger partial charge in [0.1, 0.15) is 17.6 Å². The zero-order valence-corrected chi connectivity index (χ0v) is 19.2. The van der Waals surface area contributed by atoms with Crippen LogP contribution in [0.25, 0.3) is 11.3 Å². The first-order valence-corrected chi connectivity index (χ1v) is 11.6. The highest BCUT2D eigenvalue weighted by molar-refractivity contribution is 7.80. The number of carbonyl (C=O) groups is 1. The van der Waals surface area contributed by atoms with Gasteiger partial charge in [0.2, 0.25) is 5.91 Å². The van der Waals surface area contributed by atoms with Crippen LogP contribution < -0.4 is 10.6 Å². The number of rotatable bonds is 7. The van der Waals surface area contributed by atoms with E-state index in [1.54, 1.807) is 6.20 Å². The van der Waals surface area contributed by atoms with Crippen LogP contribution in [0.3, 0.4) is 0 Å². The molecule has 0 aliphatic carbocycles. The molecule has 1 saturated heterocycles. The number of nitrogens with zero attached hydrogens (tertiary/aromatic N) is 2. The summed E-state index contributed by atoms with van der Waals surface area (Å²) in [5.74, 6) is 1.48. The molecule has 1 amide bonds. The number of anilines is 1. The molecule has 0 unspecified atom stereocenters. The highest BCUT2D eigenvalue weighted by Crippen LogP contribution is 2.40. The third-order valence-corrected chi connectivity index (χ3v) is 6.16. The molecule has 3 heterocycles. The van der Waals surface area contributed by atoms with E-state index in [0.29, 0.717) is 11.7 Å². The molecule has 170 valence electrons. The zero-order chi connectivity index (χ0) is 23.3. The Morgan fingerprint density at radius 2 is 1.71 bits per heavy atom. The number of thiocarbonyl (C=S) groups is 1. The molecule has 1 aliphatic rings. The van der Waals surface area contributed by atoms with Crippen LogP contribution in [-0.4, -0.2) is 27.4 Å². The Morgan fingerprint density at radius 1 is 0.971 bits per heavy atom. The van der Waals surface area contributed by atoms with Crippen LogP contribution in [0.4, 0.5) is 5.69 Å². The highest BCUT2D eigenvalue weighted by Gasteiger charge is 2.41. The van der Waals surface area contributed by atoms with Gasteiger partial charge in [0.05, 0.1) is 11.7 Å². The van der Waals surface area contributed by atoms with Crippen molar-refractivity contribution in [2.75, 3.05) is 11.9 Å². The van der Waals surface area contributed by atoms with Crippen molar-refractivity contribution >= 4 is 28.9 Å². The van der Waals surface area contributed by atoms with Crippen molar-refractivity contribution < 1.29 is 9.21 Å². The Bertz CT molecular complexity index is 1260. The van der Waals surface area contributed by atoms with E-state index in [0.717, 1.165) is 28.5 Å². The molecule has 7 heteroatoms. The first-order valence-electron chi connectivity index (χ1n) is 11.2. The lowest BCUT2D eigenvalue weighted by atomic mass is 10.0. The molecular weight excluding hydrogens is 444 g/mol. The fraction of sp³-hybridized carbons (Fsp3) is 0.148. The predicted octanol–water partition coefficient (Wildman–Crippen LogP) is 5.34. The van der Waals surface area contributed by atoms with Gasteiger partial charge in [-0.2, -0.15) is 0 Å². The van der Waals surface area contributed by atoms with Crippen LogP contribution in [0.5, 0.6) is 0 Å². The van der Waals surface area contributed by atoms with E-state index in [2.05, 4.69) is 15.6 Å². The van der Waals surface area contributed by atoms with E-state index >= 15 is 0 Å². The number of nitrogens with one attached hydrogen (secondary N) is 2. The standard InChI is InChI=1S/C27H24N4O2S/c32-24(29-20-11-5-2-6-12-20)16-18-31-26(25(30-27(31)34)21-13-7-8-17-28-21)23-15-14-22(33-23)19-9-3-1-4-10-19/h1-15,17,25-26H,16,18H2,(H,29,32)(H,30,34)/t25-,26+/m1/s1. The number of amides is 1. The van der Waals surface area contributed by atoms with Gasteiger partial charge in [0, 0.05) is 30.4 Å². The van der Waals surface area contributed by atoms with Crippen molar-refractivity contribution in [3.63, 3.8) is 0 Å². The summed E-state index contributed by atoms with van der Waals surface area (Å²) >= 11 is 5.69. The Morgan fingerprint density at radius 3 is 2.44 bits per heavy atom. The Labute approximate surface area is 203 Å². The quantitative estimate of drug-likeness (QED) is 0.357. The fourth-order valence-corrected chi connectivity index (χ4v) is 4.52. The third kappa shape index (κ3) is 4.70. The van der Waals surface area contributed by atoms with Gasteiger partial charge in [-0.3, -0.25) is 9.78 Å². The maximum absolute atomic E-state index is 12.6. The van der Waals surface area contributed by atoms with E-state index in [4.69, 9.17) is 16.6 Å². The summed E-state index contributed by atoms with van der Waals surface area (Å²) < 4.78 is 6.32. The second kappa shape index (κ2) is 9.89. The van der Waals surface area contributed by atoms with Crippen LogP contribution in [0.2, 0.25) is 0 Å². The van der Waals surface area contributed by atoms with E-state index in [1.807, 2.05) is 95.9 Å². The summed E-state index contributed by atoms with van der Waals surface area (Å²) in [5.41, 5.74) is 2.64.